The van der Waals surface area contributed by atoms with Crippen LogP contribution in [0.25, 0.3) is 0 Å². The van der Waals surface area contributed by atoms with Crippen molar-refractivity contribution in [3.05, 3.63) is 121 Å². The van der Waals surface area contributed by atoms with E-state index in [1.54, 1.807) is 0 Å². The molecular formula is C24H20S4Ti. The smallest absolute Gasteiger partial charge is 0.780 e. The first-order valence-corrected chi connectivity index (χ1v) is 10.1. The SMILES string of the molecule is [S-]c1ccccc1.[S-]c1ccccc1.[S-]c1ccccc1.[S-]c1ccccc1.[Ti+4]. The van der Waals surface area contributed by atoms with E-state index >= 15 is 0 Å². The first kappa shape index (κ1) is 27.5. The Morgan fingerprint density at radius 3 is 0.483 bits per heavy atom. The van der Waals surface area contributed by atoms with Gasteiger partial charge in [0.25, 0.3) is 0 Å². The molecule has 0 atom stereocenters. The predicted octanol–water partition coefficient (Wildman–Crippen LogP) is 6.37. The van der Waals surface area contributed by atoms with Gasteiger partial charge in [-0.25, -0.2) is 0 Å². The van der Waals surface area contributed by atoms with Crippen LogP contribution in [0, 0.1) is 0 Å². The monoisotopic (exact) mass is 484 g/mol. The Bertz CT molecular complexity index is 693. The second kappa shape index (κ2) is 18.5. The Balaban J connectivity index is 0.000000356. The van der Waals surface area contributed by atoms with Gasteiger partial charge < -0.3 is 50.5 Å². The molecule has 0 spiro atoms. The molecule has 0 saturated heterocycles. The van der Waals surface area contributed by atoms with Crippen LogP contribution in [-0.2, 0) is 72.2 Å². The average molecular weight is 485 g/mol. The van der Waals surface area contributed by atoms with E-state index in [2.05, 4.69) is 0 Å². The van der Waals surface area contributed by atoms with Crippen LogP contribution in [0.5, 0.6) is 0 Å². The van der Waals surface area contributed by atoms with Crippen molar-refractivity contribution in [2.24, 2.45) is 0 Å². The Morgan fingerprint density at radius 2 is 0.414 bits per heavy atom. The maximum Gasteiger partial charge on any atom is 4.00 e. The van der Waals surface area contributed by atoms with Crippen molar-refractivity contribution in [2.75, 3.05) is 0 Å². The van der Waals surface area contributed by atoms with E-state index in [1.165, 1.54) is 0 Å². The fourth-order valence-electron chi connectivity index (χ4n) is 1.68. The standard InChI is InChI=1S/4C6H6S.Ti/c4*7-6-4-2-1-3-5-6;/h4*1-5,7H;/q;;;;+4/p-4. The Morgan fingerprint density at radius 1 is 0.276 bits per heavy atom. The van der Waals surface area contributed by atoms with Gasteiger partial charge in [-0.05, 0) is 0 Å². The van der Waals surface area contributed by atoms with Crippen LogP contribution in [-0.4, -0.2) is 0 Å². The largest absolute Gasteiger partial charge is 4.00 e. The summed E-state index contributed by atoms with van der Waals surface area (Å²) >= 11 is 19.2. The van der Waals surface area contributed by atoms with Crippen molar-refractivity contribution in [3.63, 3.8) is 0 Å². The molecule has 4 rings (SSSR count). The van der Waals surface area contributed by atoms with Crippen molar-refractivity contribution in [1.29, 1.82) is 0 Å². The Labute approximate surface area is 211 Å². The number of benzene rings is 4. The Kier molecular flexibility index (Phi) is 17.5. The van der Waals surface area contributed by atoms with Crippen molar-refractivity contribution in [2.45, 2.75) is 19.6 Å². The van der Waals surface area contributed by atoms with Gasteiger partial charge in [-0.3, -0.25) is 0 Å². The first-order valence-electron chi connectivity index (χ1n) is 8.46. The van der Waals surface area contributed by atoms with Gasteiger partial charge in [0.2, 0.25) is 0 Å². The molecule has 0 aliphatic carbocycles. The number of hydrogen-bond acceptors (Lipinski definition) is 4. The van der Waals surface area contributed by atoms with Crippen LogP contribution in [0.15, 0.2) is 141 Å². The number of rotatable bonds is 0. The minimum absolute atomic E-state index is 0. The third kappa shape index (κ3) is 17.1. The molecular weight excluding hydrogens is 464 g/mol. The molecule has 0 N–H and O–H groups in total. The molecule has 29 heavy (non-hydrogen) atoms. The topological polar surface area (TPSA) is 0 Å². The van der Waals surface area contributed by atoms with Crippen molar-refractivity contribution < 1.29 is 21.7 Å². The van der Waals surface area contributed by atoms with Gasteiger partial charge in [0.1, 0.15) is 0 Å². The van der Waals surface area contributed by atoms with E-state index in [0.717, 1.165) is 19.6 Å². The molecule has 0 aromatic heterocycles. The summed E-state index contributed by atoms with van der Waals surface area (Å²) in [5, 5.41) is 0. The van der Waals surface area contributed by atoms with Crippen molar-refractivity contribution in [3.8, 4) is 0 Å². The molecule has 0 saturated carbocycles. The fourth-order valence-corrected chi connectivity index (χ4v) is 2.31. The molecule has 0 fully saturated rings. The summed E-state index contributed by atoms with van der Waals surface area (Å²) < 4.78 is 0. The van der Waals surface area contributed by atoms with E-state index in [1.807, 2.05) is 121 Å². The minimum Gasteiger partial charge on any atom is -0.780 e. The summed E-state index contributed by atoms with van der Waals surface area (Å²) in [6.45, 7) is 0. The van der Waals surface area contributed by atoms with Gasteiger partial charge in [0.15, 0.2) is 0 Å². The summed E-state index contributed by atoms with van der Waals surface area (Å²) in [7, 11) is 0. The zero-order valence-corrected chi connectivity index (χ0v) is 20.5. The van der Waals surface area contributed by atoms with Gasteiger partial charge >= 0.3 is 21.7 Å². The van der Waals surface area contributed by atoms with Crippen LogP contribution in [0.2, 0.25) is 0 Å². The molecule has 0 unspecified atom stereocenters. The summed E-state index contributed by atoms with van der Waals surface area (Å²) in [6.07, 6.45) is 0. The van der Waals surface area contributed by atoms with Crippen molar-refractivity contribution >= 4 is 50.5 Å². The van der Waals surface area contributed by atoms with Gasteiger partial charge in [-0.15, -0.1) is 0 Å². The molecule has 0 radical (unpaired) electrons. The summed E-state index contributed by atoms with van der Waals surface area (Å²) in [4.78, 5) is 3.62. The molecule has 0 aliphatic rings. The molecule has 4 aromatic rings. The predicted molar refractivity (Wildman–Crippen MR) is 128 cm³/mol. The van der Waals surface area contributed by atoms with Gasteiger partial charge in [-0.1, -0.05) is 121 Å². The summed E-state index contributed by atoms with van der Waals surface area (Å²) in [6, 6.07) is 38.5. The van der Waals surface area contributed by atoms with E-state index in [9.17, 15) is 0 Å². The van der Waals surface area contributed by atoms with E-state index in [-0.39, 0.29) is 21.7 Å². The Hall–Kier alpha value is -1.53. The maximum atomic E-state index is 4.81. The molecule has 0 amide bonds. The molecule has 0 bridgehead atoms. The van der Waals surface area contributed by atoms with Gasteiger partial charge in [0, 0.05) is 0 Å². The van der Waals surface area contributed by atoms with Crippen LogP contribution >= 0.6 is 0 Å². The third-order valence-corrected chi connectivity index (χ3v) is 4.06. The van der Waals surface area contributed by atoms with Gasteiger partial charge in [0.05, 0.1) is 0 Å². The van der Waals surface area contributed by atoms with E-state index in [0.29, 0.717) is 0 Å². The van der Waals surface area contributed by atoms with Crippen LogP contribution in [0.4, 0.5) is 0 Å². The molecule has 144 valence electrons. The summed E-state index contributed by atoms with van der Waals surface area (Å²) in [5.41, 5.74) is 0. The molecule has 5 heteroatoms. The normalized spacial score (nSPS) is 8.28. The van der Waals surface area contributed by atoms with E-state index < -0.39 is 0 Å². The summed E-state index contributed by atoms with van der Waals surface area (Å²) in [5.74, 6) is 0. The molecule has 0 heterocycles. The molecule has 4 aromatic carbocycles. The van der Waals surface area contributed by atoms with Crippen molar-refractivity contribution in [1.82, 2.24) is 0 Å². The average Bonchev–Trinajstić information content (AvgIpc) is 2.72. The zero-order chi connectivity index (χ0) is 20.5. The third-order valence-electron chi connectivity index (χ3n) is 2.97. The van der Waals surface area contributed by atoms with Crippen LogP contribution in [0.3, 0.4) is 0 Å². The number of hydrogen-bond donors (Lipinski definition) is 0. The second-order valence-electron chi connectivity index (χ2n) is 5.25. The quantitative estimate of drug-likeness (QED) is 0.210. The molecule has 0 aliphatic heterocycles. The van der Waals surface area contributed by atoms with Crippen LogP contribution < -0.4 is 0 Å². The maximum absolute atomic E-state index is 4.81. The zero-order valence-electron chi connectivity index (χ0n) is 15.7. The fraction of sp³-hybridized carbons (Fsp3) is 0. The second-order valence-corrected chi connectivity index (χ2v) is 7.14. The van der Waals surface area contributed by atoms with E-state index in [4.69, 9.17) is 50.5 Å². The van der Waals surface area contributed by atoms with Crippen LogP contribution in [0.1, 0.15) is 0 Å². The minimum atomic E-state index is 0. The van der Waals surface area contributed by atoms with Gasteiger partial charge in [-0.2, -0.15) is 19.6 Å². The first-order chi connectivity index (χ1) is 13.6. The molecule has 0 nitrogen and oxygen atoms in total.